The molecule has 1 N–H and O–H groups in total. The Kier molecular flexibility index (Phi) is 3.77. The molecule has 1 aliphatic rings. The first-order chi connectivity index (χ1) is 11.6. The summed E-state index contributed by atoms with van der Waals surface area (Å²) in [6.07, 6.45) is 0.782. The molecule has 2 aromatic carbocycles. The molecule has 4 nitrogen and oxygen atoms in total. The van der Waals surface area contributed by atoms with E-state index in [1.807, 2.05) is 35.2 Å². The summed E-state index contributed by atoms with van der Waals surface area (Å²) in [7, 11) is 0. The van der Waals surface area contributed by atoms with Crippen LogP contribution in [0.15, 0.2) is 46.9 Å². The van der Waals surface area contributed by atoms with Crippen molar-refractivity contribution in [3.63, 3.8) is 0 Å². The van der Waals surface area contributed by atoms with Crippen LogP contribution in [0.5, 0.6) is 0 Å². The third kappa shape index (κ3) is 2.67. The minimum atomic E-state index is -0.361. The molecule has 124 valence electrons. The van der Waals surface area contributed by atoms with Gasteiger partial charge in [-0.15, -0.1) is 0 Å². The van der Waals surface area contributed by atoms with Gasteiger partial charge in [-0.2, -0.15) is 0 Å². The molecule has 4 heteroatoms. The van der Waals surface area contributed by atoms with Crippen molar-refractivity contribution < 1.29 is 14.3 Å². The van der Waals surface area contributed by atoms with E-state index < -0.39 is 0 Å². The van der Waals surface area contributed by atoms with Crippen molar-refractivity contribution in [2.45, 2.75) is 25.9 Å². The highest BCUT2D eigenvalue weighted by Gasteiger charge is 2.29. The molecular weight excluding hydrogens is 302 g/mol. The number of benzene rings is 2. The van der Waals surface area contributed by atoms with Crippen LogP contribution < -0.4 is 0 Å². The van der Waals surface area contributed by atoms with Crippen LogP contribution in [0.1, 0.15) is 19.1 Å². The molecule has 0 radical (unpaired) electrons. The van der Waals surface area contributed by atoms with Crippen LogP contribution in [0.25, 0.3) is 21.7 Å². The predicted molar refractivity (Wildman–Crippen MR) is 93.8 cm³/mol. The average Bonchev–Trinajstić information content (AvgIpc) is 3.21. The zero-order chi connectivity index (χ0) is 16.7. The van der Waals surface area contributed by atoms with E-state index in [0.29, 0.717) is 12.3 Å². The minimum Gasteiger partial charge on any atom is -0.461 e. The number of rotatable bonds is 3. The van der Waals surface area contributed by atoms with Gasteiger partial charge in [0.15, 0.2) is 0 Å². The summed E-state index contributed by atoms with van der Waals surface area (Å²) >= 11 is 0. The van der Waals surface area contributed by atoms with Gasteiger partial charge in [0.1, 0.15) is 11.3 Å². The zero-order valence-corrected chi connectivity index (χ0v) is 13.7. The number of aliphatic hydroxyl groups excluding tert-OH is 1. The number of fused-ring (bicyclic) bond motifs is 3. The number of nitrogens with zero attached hydrogens (tertiary/aromatic N) is 1. The molecule has 2 atom stereocenters. The summed E-state index contributed by atoms with van der Waals surface area (Å²) in [5.41, 5.74) is 0.819. The maximum absolute atomic E-state index is 12.5. The molecule has 4 rings (SSSR count). The fourth-order valence-corrected chi connectivity index (χ4v) is 3.60. The van der Waals surface area contributed by atoms with Gasteiger partial charge in [-0.25, -0.2) is 0 Å². The Morgan fingerprint density at radius 2 is 2.12 bits per heavy atom. The Balaban J connectivity index is 1.57. The molecule has 1 aliphatic heterocycles. The summed E-state index contributed by atoms with van der Waals surface area (Å²) in [4.78, 5) is 14.3. The Labute approximate surface area is 140 Å². The first-order valence-electron chi connectivity index (χ1n) is 8.48. The van der Waals surface area contributed by atoms with E-state index in [4.69, 9.17) is 4.42 Å². The molecule has 1 fully saturated rings. The van der Waals surface area contributed by atoms with E-state index in [2.05, 4.69) is 12.1 Å². The van der Waals surface area contributed by atoms with Crippen molar-refractivity contribution >= 4 is 27.6 Å². The number of likely N-dealkylation sites (tertiary alicyclic amines) is 1. The smallest absolute Gasteiger partial charge is 0.230 e. The summed E-state index contributed by atoms with van der Waals surface area (Å²) in [5.74, 6) is 0.960. The van der Waals surface area contributed by atoms with Crippen molar-refractivity contribution in [3.05, 3.63) is 48.2 Å². The Morgan fingerprint density at radius 3 is 2.92 bits per heavy atom. The standard InChI is InChI=1S/C20H21NO3/c1-13(22)15-8-9-21(12-15)20(23)11-16-10-18-17-5-3-2-4-14(17)6-7-19(18)24-16/h2-7,10,13,15,22H,8-9,11-12H2,1H3. The number of hydrogen-bond donors (Lipinski definition) is 1. The Morgan fingerprint density at radius 1 is 1.29 bits per heavy atom. The lowest BCUT2D eigenvalue weighted by molar-refractivity contribution is -0.129. The zero-order valence-electron chi connectivity index (χ0n) is 13.7. The normalized spacial score (nSPS) is 19.2. The number of carbonyl (C=O) groups excluding carboxylic acids is 1. The van der Waals surface area contributed by atoms with Crippen LogP contribution in [0.2, 0.25) is 0 Å². The fourth-order valence-electron chi connectivity index (χ4n) is 3.60. The third-order valence-corrected chi connectivity index (χ3v) is 5.06. The second kappa shape index (κ2) is 5.95. The minimum absolute atomic E-state index is 0.0708. The van der Waals surface area contributed by atoms with Crippen molar-refractivity contribution in [2.24, 2.45) is 5.92 Å². The topological polar surface area (TPSA) is 53.7 Å². The van der Waals surface area contributed by atoms with E-state index in [1.165, 1.54) is 5.39 Å². The molecule has 0 spiro atoms. The largest absolute Gasteiger partial charge is 0.461 e. The summed E-state index contributed by atoms with van der Waals surface area (Å²) in [5, 5.41) is 13.1. The van der Waals surface area contributed by atoms with Gasteiger partial charge in [0.25, 0.3) is 0 Å². The van der Waals surface area contributed by atoms with E-state index in [9.17, 15) is 9.90 Å². The molecule has 2 heterocycles. The lowest BCUT2D eigenvalue weighted by Crippen LogP contribution is -2.31. The molecule has 0 saturated carbocycles. The van der Waals surface area contributed by atoms with Crippen LogP contribution >= 0.6 is 0 Å². The van der Waals surface area contributed by atoms with Gasteiger partial charge in [-0.3, -0.25) is 4.79 Å². The quantitative estimate of drug-likeness (QED) is 0.804. The fraction of sp³-hybridized carbons (Fsp3) is 0.350. The van der Waals surface area contributed by atoms with Crippen molar-refractivity contribution in [1.29, 1.82) is 0 Å². The molecule has 0 aliphatic carbocycles. The SMILES string of the molecule is CC(O)C1CCN(C(=O)Cc2cc3c(ccc4ccccc43)o2)C1. The van der Waals surface area contributed by atoms with Crippen molar-refractivity contribution in [1.82, 2.24) is 4.90 Å². The van der Waals surface area contributed by atoms with Crippen LogP contribution in [-0.4, -0.2) is 35.1 Å². The Bertz CT molecular complexity index is 896. The van der Waals surface area contributed by atoms with E-state index in [0.717, 1.165) is 29.3 Å². The molecule has 1 saturated heterocycles. The average molecular weight is 323 g/mol. The lowest BCUT2D eigenvalue weighted by Gasteiger charge is -2.17. The maximum Gasteiger partial charge on any atom is 0.230 e. The summed E-state index contributed by atoms with van der Waals surface area (Å²) < 4.78 is 5.88. The second-order valence-corrected chi connectivity index (χ2v) is 6.72. The number of carbonyl (C=O) groups is 1. The van der Waals surface area contributed by atoms with E-state index >= 15 is 0 Å². The van der Waals surface area contributed by atoms with Gasteiger partial charge in [-0.1, -0.05) is 30.3 Å². The van der Waals surface area contributed by atoms with Crippen LogP contribution in [0.4, 0.5) is 0 Å². The van der Waals surface area contributed by atoms with E-state index in [-0.39, 0.29) is 24.3 Å². The second-order valence-electron chi connectivity index (χ2n) is 6.72. The maximum atomic E-state index is 12.5. The van der Waals surface area contributed by atoms with Gasteiger partial charge >= 0.3 is 0 Å². The van der Waals surface area contributed by atoms with Gasteiger partial charge in [0, 0.05) is 24.4 Å². The van der Waals surface area contributed by atoms with Gasteiger partial charge in [-0.05, 0) is 36.2 Å². The highest BCUT2D eigenvalue weighted by atomic mass is 16.3. The third-order valence-electron chi connectivity index (χ3n) is 5.06. The number of furan rings is 1. The van der Waals surface area contributed by atoms with Gasteiger partial charge in [0.05, 0.1) is 12.5 Å². The first kappa shape index (κ1) is 15.2. The number of aliphatic hydroxyl groups is 1. The molecule has 2 unspecified atom stereocenters. The van der Waals surface area contributed by atoms with Crippen LogP contribution in [0, 0.1) is 5.92 Å². The summed E-state index contributed by atoms with van der Waals surface area (Å²) in [6.45, 7) is 3.15. The molecular formula is C20H21NO3. The monoisotopic (exact) mass is 323 g/mol. The van der Waals surface area contributed by atoms with Gasteiger partial charge in [0.2, 0.25) is 5.91 Å². The molecule has 24 heavy (non-hydrogen) atoms. The number of hydrogen-bond acceptors (Lipinski definition) is 3. The van der Waals surface area contributed by atoms with Crippen LogP contribution in [-0.2, 0) is 11.2 Å². The molecule has 1 amide bonds. The van der Waals surface area contributed by atoms with Crippen molar-refractivity contribution in [3.8, 4) is 0 Å². The number of amides is 1. The van der Waals surface area contributed by atoms with Gasteiger partial charge < -0.3 is 14.4 Å². The van der Waals surface area contributed by atoms with Crippen molar-refractivity contribution in [2.75, 3.05) is 13.1 Å². The lowest BCUT2D eigenvalue weighted by atomic mass is 10.0. The first-order valence-corrected chi connectivity index (χ1v) is 8.48. The summed E-state index contributed by atoms with van der Waals surface area (Å²) in [6, 6.07) is 14.2. The molecule has 1 aromatic heterocycles. The van der Waals surface area contributed by atoms with E-state index in [1.54, 1.807) is 6.92 Å². The Hall–Kier alpha value is -2.33. The van der Waals surface area contributed by atoms with Crippen LogP contribution in [0.3, 0.4) is 0 Å². The highest BCUT2D eigenvalue weighted by molar-refractivity contribution is 6.06. The molecule has 3 aromatic rings. The molecule has 0 bridgehead atoms. The highest BCUT2D eigenvalue weighted by Crippen LogP contribution is 2.29. The predicted octanol–water partition coefficient (Wildman–Crippen LogP) is 3.36.